The fourth-order valence-corrected chi connectivity index (χ4v) is 0.766. The molecule has 0 saturated carbocycles. The number of nitrogens with one attached hydrogen (secondary N) is 2. The summed E-state index contributed by atoms with van der Waals surface area (Å²) in [6.07, 6.45) is 0.679. The average molecular weight is 196 g/mol. The normalized spacial score (nSPS) is 13.6. The van der Waals surface area contributed by atoms with Gasteiger partial charge in [0.25, 0.3) is 0 Å². The van der Waals surface area contributed by atoms with Crippen LogP contribution >= 0.6 is 0 Å². The van der Waals surface area contributed by atoms with Crippen molar-refractivity contribution in [1.82, 2.24) is 10.0 Å². The molecule has 7 heteroatoms. The summed E-state index contributed by atoms with van der Waals surface area (Å²) in [5.74, 6) is 0. The van der Waals surface area contributed by atoms with Crippen LogP contribution in [0.4, 0.5) is 4.79 Å². The van der Waals surface area contributed by atoms with Crippen LogP contribution in [0.25, 0.3) is 0 Å². The Morgan fingerprint density at radius 2 is 2.08 bits per heavy atom. The highest BCUT2D eigenvalue weighted by atomic mass is 32.2. The van der Waals surface area contributed by atoms with Gasteiger partial charge in [0.15, 0.2) is 0 Å². The van der Waals surface area contributed by atoms with Crippen molar-refractivity contribution in [3.8, 4) is 0 Å². The Kier molecular flexibility index (Phi) is 3.98. The second-order valence-corrected chi connectivity index (χ2v) is 3.51. The van der Waals surface area contributed by atoms with Gasteiger partial charge in [-0.05, 0) is 13.3 Å². The Labute approximate surface area is 71.2 Å². The molecule has 0 fully saturated rings. The summed E-state index contributed by atoms with van der Waals surface area (Å²) in [5, 5.41) is 2.30. The van der Waals surface area contributed by atoms with E-state index in [0.717, 1.165) is 0 Å². The molecule has 0 radical (unpaired) electrons. The monoisotopic (exact) mass is 196 g/mol. The van der Waals surface area contributed by atoms with Gasteiger partial charge in [-0.25, -0.2) is 9.52 Å². The van der Waals surface area contributed by atoms with Crippen molar-refractivity contribution < 1.29 is 17.8 Å². The minimum atomic E-state index is -4.44. The van der Waals surface area contributed by atoms with Gasteiger partial charge in [-0.3, -0.25) is 4.55 Å². The molecule has 6 nitrogen and oxygen atoms in total. The van der Waals surface area contributed by atoms with Crippen molar-refractivity contribution in [2.75, 3.05) is 0 Å². The molecule has 0 aromatic heterocycles. The molecule has 3 N–H and O–H groups in total. The molecule has 0 saturated heterocycles. The summed E-state index contributed by atoms with van der Waals surface area (Å²) in [6, 6.07) is -1.06. The van der Waals surface area contributed by atoms with Gasteiger partial charge in [0, 0.05) is 6.04 Å². The summed E-state index contributed by atoms with van der Waals surface area (Å²) < 4.78 is 29.7. The van der Waals surface area contributed by atoms with Crippen LogP contribution in [0.15, 0.2) is 0 Å². The molecule has 12 heavy (non-hydrogen) atoms. The number of hydrogen-bond donors (Lipinski definition) is 3. The van der Waals surface area contributed by atoms with Gasteiger partial charge in [0.1, 0.15) is 0 Å². The molecule has 0 unspecified atom stereocenters. The van der Waals surface area contributed by atoms with Crippen LogP contribution in [-0.4, -0.2) is 25.0 Å². The zero-order valence-electron chi connectivity index (χ0n) is 6.86. The molecular formula is C5H12N2O4S. The van der Waals surface area contributed by atoms with Crippen molar-refractivity contribution in [2.45, 2.75) is 26.3 Å². The SMILES string of the molecule is CC[C@H](C)NC(=O)NS(=O)(=O)O. The third-order valence-corrected chi connectivity index (χ3v) is 1.65. The lowest BCUT2D eigenvalue weighted by molar-refractivity contribution is 0.241. The second kappa shape index (κ2) is 4.27. The van der Waals surface area contributed by atoms with Crippen LogP contribution in [0.5, 0.6) is 0 Å². The third-order valence-electron chi connectivity index (χ3n) is 1.21. The molecule has 0 rings (SSSR count). The van der Waals surface area contributed by atoms with E-state index in [1.165, 1.54) is 4.72 Å². The first-order valence-corrected chi connectivity index (χ1v) is 4.85. The number of rotatable bonds is 3. The van der Waals surface area contributed by atoms with Crippen molar-refractivity contribution in [1.29, 1.82) is 0 Å². The third kappa shape index (κ3) is 5.93. The standard InChI is InChI=1S/C5H12N2O4S/c1-3-4(2)6-5(8)7-12(9,10)11/h4H,3H2,1-2H3,(H2,6,7,8)(H,9,10,11)/t4-/m0/s1. The number of hydrogen-bond acceptors (Lipinski definition) is 3. The summed E-state index contributed by atoms with van der Waals surface area (Å²) >= 11 is 0. The Balaban J connectivity index is 3.92. The molecule has 0 heterocycles. The quantitative estimate of drug-likeness (QED) is 0.549. The lowest BCUT2D eigenvalue weighted by atomic mass is 10.3. The van der Waals surface area contributed by atoms with Crippen molar-refractivity contribution in [3.05, 3.63) is 0 Å². The molecule has 0 aliphatic heterocycles. The fraction of sp³-hybridized carbons (Fsp3) is 0.800. The number of amides is 2. The van der Waals surface area contributed by atoms with E-state index >= 15 is 0 Å². The number of urea groups is 1. The van der Waals surface area contributed by atoms with Crippen molar-refractivity contribution in [2.24, 2.45) is 0 Å². The summed E-state index contributed by atoms with van der Waals surface area (Å²) in [5.41, 5.74) is 0. The first-order chi connectivity index (χ1) is 5.35. The van der Waals surface area contributed by atoms with Crippen LogP contribution in [0.3, 0.4) is 0 Å². The fourth-order valence-electron chi connectivity index (χ4n) is 0.472. The Bertz CT molecular complexity index is 248. The van der Waals surface area contributed by atoms with Gasteiger partial charge in [0.2, 0.25) is 0 Å². The molecule has 72 valence electrons. The molecule has 1 atom stereocenters. The highest BCUT2D eigenvalue weighted by Crippen LogP contribution is 1.87. The predicted molar refractivity (Wildman–Crippen MR) is 43.0 cm³/mol. The molecule has 0 aromatic carbocycles. The molecule has 0 aliphatic carbocycles. The van der Waals surface area contributed by atoms with E-state index in [4.69, 9.17) is 4.55 Å². The van der Waals surface area contributed by atoms with Gasteiger partial charge in [-0.2, -0.15) is 8.42 Å². The van der Waals surface area contributed by atoms with Gasteiger partial charge in [-0.1, -0.05) is 6.92 Å². The molecule has 0 bridgehead atoms. The van der Waals surface area contributed by atoms with E-state index in [1.54, 1.807) is 6.92 Å². The molecule has 0 spiro atoms. The smallest absolute Gasteiger partial charge is 0.335 e. The second-order valence-electron chi connectivity index (χ2n) is 2.36. The van der Waals surface area contributed by atoms with E-state index in [0.29, 0.717) is 6.42 Å². The van der Waals surface area contributed by atoms with E-state index in [2.05, 4.69) is 5.32 Å². The topological polar surface area (TPSA) is 95.5 Å². The largest absolute Gasteiger partial charge is 0.361 e. The summed E-state index contributed by atoms with van der Waals surface area (Å²) in [7, 11) is -4.44. The Hall–Kier alpha value is -0.820. The maximum absolute atomic E-state index is 10.7. The van der Waals surface area contributed by atoms with Crippen molar-refractivity contribution in [3.63, 3.8) is 0 Å². The maximum atomic E-state index is 10.7. The molecular weight excluding hydrogens is 184 g/mol. The summed E-state index contributed by atoms with van der Waals surface area (Å²) in [6.45, 7) is 3.54. The highest BCUT2D eigenvalue weighted by Gasteiger charge is 2.10. The zero-order valence-corrected chi connectivity index (χ0v) is 7.68. The van der Waals surface area contributed by atoms with Gasteiger partial charge in [-0.15, -0.1) is 0 Å². The van der Waals surface area contributed by atoms with Crippen molar-refractivity contribution >= 4 is 16.3 Å². The number of carbonyl (C=O) groups is 1. The first kappa shape index (κ1) is 11.2. The van der Waals surface area contributed by atoms with Crippen LogP contribution in [-0.2, 0) is 10.3 Å². The average Bonchev–Trinajstić information content (AvgIpc) is 1.82. The lowest BCUT2D eigenvalue weighted by Crippen LogP contribution is -2.42. The lowest BCUT2D eigenvalue weighted by Gasteiger charge is -2.10. The van der Waals surface area contributed by atoms with Crippen LogP contribution in [0.1, 0.15) is 20.3 Å². The minimum absolute atomic E-state index is 0.133. The first-order valence-electron chi connectivity index (χ1n) is 3.41. The van der Waals surface area contributed by atoms with Crippen LogP contribution < -0.4 is 10.0 Å². The van der Waals surface area contributed by atoms with Crippen LogP contribution in [0, 0.1) is 0 Å². The van der Waals surface area contributed by atoms with Gasteiger partial charge >= 0.3 is 16.3 Å². The Morgan fingerprint density at radius 1 is 1.58 bits per heavy atom. The Morgan fingerprint density at radius 3 is 2.42 bits per heavy atom. The maximum Gasteiger partial charge on any atom is 0.361 e. The minimum Gasteiger partial charge on any atom is -0.335 e. The molecule has 2 amide bonds. The molecule has 0 aliphatic rings. The molecule has 0 aromatic rings. The number of carbonyl (C=O) groups excluding carboxylic acids is 1. The van der Waals surface area contributed by atoms with E-state index in [9.17, 15) is 13.2 Å². The van der Waals surface area contributed by atoms with Gasteiger partial charge < -0.3 is 5.32 Å². The zero-order chi connectivity index (χ0) is 9.78. The summed E-state index contributed by atoms with van der Waals surface area (Å²) in [4.78, 5) is 10.7. The van der Waals surface area contributed by atoms with E-state index in [1.807, 2.05) is 6.92 Å². The van der Waals surface area contributed by atoms with Gasteiger partial charge in [0.05, 0.1) is 0 Å². The van der Waals surface area contributed by atoms with E-state index < -0.39 is 16.3 Å². The predicted octanol–water partition coefficient (Wildman–Crippen LogP) is -0.113. The van der Waals surface area contributed by atoms with E-state index in [-0.39, 0.29) is 6.04 Å². The van der Waals surface area contributed by atoms with Crippen LogP contribution in [0.2, 0.25) is 0 Å². The highest BCUT2D eigenvalue weighted by molar-refractivity contribution is 7.84.